The molecule has 120 valence electrons. The number of amides is 1. The summed E-state index contributed by atoms with van der Waals surface area (Å²) < 4.78 is 2.05. The lowest BCUT2D eigenvalue weighted by Gasteiger charge is -2.06. The normalized spacial score (nSPS) is 11.3. The molecule has 1 amide bonds. The number of aryl methyl sites for hydroxylation is 2. The first kappa shape index (κ1) is 15.7. The minimum atomic E-state index is -0.0774. The van der Waals surface area contributed by atoms with Gasteiger partial charge < -0.3 is 9.88 Å². The molecule has 1 aromatic carbocycles. The van der Waals surface area contributed by atoms with Crippen LogP contribution in [0.2, 0.25) is 0 Å². The van der Waals surface area contributed by atoms with E-state index in [0.29, 0.717) is 10.8 Å². The summed E-state index contributed by atoms with van der Waals surface area (Å²) in [5.74, 6) is 0.459. The molecule has 23 heavy (non-hydrogen) atoms. The third-order valence-electron chi connectivity index (χ3n) is 3.81. The van der Waals surface area contributed by atoms with E-state index < -0.39 is 0 Å². The number of carbonyl (C=O) groups excluding carboxylic acids is 1. The van der Waals surface area contributed by atoms with Gasteiger partial charge in [-0.05, 0) is 31.0 Å². The van der Waals surface area contributed by atoms with Crippen LogP contribution in [-0.2, 0) is 13.5 Å². The molecule has 2 aromatic heterocycles. The Morgan fingerprint density at radius 2 is 2.13 bits per heavy atom. The van der Waals surface area contributed by atoms with Gasteiger partial charge in [-0.25, -0.2) is 4.98 Å². The lowest BCUT2D eigenvalue weighted by Crippen LogP contribution is -2.11. The molecule has 0 aliphatic heterocycles. The van der Waals surface area contributed by atoms with Gasteiger partial charge in [-0.3, -0.25) is 4.79 Å². The minimum absolute atomic E-state index is 0.0774. The minimum Gasteiger partial charge on any atom is -0.350 e. The van der Waals surface area contributed by atoms with Gasteiger partial charge in [0.15, 0.2) is 0 Å². The lowest BCUT2D eigenvalue weighted by molar-refractivity contribution is 0.103. The van der Waals surface area contributed by atoms with Crippen LogP contribution >= 0.6 is 11.3 Å². The number of thiazole rings is 1. The second-order valence-electron chi connectivity index (χ2n) is 6.24. The highest BCUT2D eigenvalue weighted by Crippen LogP contribution is 2.26. The van der Waals surface area contributed by atoms with E-state index in [1.807, 2.05) is 49.0 Å². The summed E-state index contributed by atoms with van der Waals surface area (Å²) >= 11 is 1.50. The van der Waals surface area contributed by atoms with E-state index in [9.17, 15) is 4.79 Å². The maximum Gasteiger partial charge on any atom is 0.267 e. The van der Waals surface area contributed by atoms with Crippen LogP contribution in [0.5, 0.6) is 0 Å². The van der Waals surface area contributed by atoms with Gasteiger partial charge in [0.1, 0.15) is 4.88 Å². The molecule has 0 fully saturated rings. The Morgan fingerprint density at radius 3 is 2.87 bits per heavy atom. The summed E-state index contributed by atoms with van der Waals surface area (Å²) in [7, 11) is 2.00. The van der Waals surface area contributed by atoms with Crippen LogP contribution in [0.1, 0.15) is 34.2 Å². The van der Waals surface area contributed by atoms with Crippen LogP contribution in [0.25, 0.3) is 10.9 Å². The van der Waals surface area contributed by atoms with Gasteiger partial charge in [-0.1, -0.05) is 19.9 Å². The van der Waals surface area contributed by atoms with Crippen LogP contribution in [0.15, 0.2) is 30.5 Å². The number of carbonyl (C=O) groups is 1. The van der Waals surface area contributed by atoms with Gasteiger partial charge in [-0.15, -0.1) is 11.3 Å². The fraction of sp³-hybridized carbons (Fsp3) is 0.333. The molecule has 0 radical (unpaired) electrons. The number of anilines is 1. The summed E-state index contributed by atoms with van der Waals surface area (Å²) in [5.41, 5.74) is 2.75. The van der Waals surface area contributed by atoms with Crippen LogP contribution in [0, 0.1) is 12.8 Å². The molecule has 0 saturated heterocycles. The van der Waals surface area contributed by atoms with Crippen molar-refractivity contribution in [2.45, 2.75) is 27.2 Å². The average molecular weight is 327 g/mol. The Labute approximate surface area is 140 Å². The number of fused-ring (bicyclic) bond motifs is 1. The molecular formula is C18H21N3OS. The topological polar surface area (TPSA) is 46.9 Å². The van der Waals surface area contributed by atoms with Crippen LogP contribution in [0.4, 0.5) is 5.69 Å². The molecule has 0 spiro atoms. The van der Waals surface area contributed by atoms with E-state index in [0.717, 1.165) is 33.7 Å². The van der Waals surface area contributed by atoms with E-state index >= 15 is 0 Å². The van der Waals surface area contributed by atoms with Crippen molar-refractivity contribution in [2.24, 2.45) is 13.0 Å². The third kappa shape index (κ3) is 3.15. The van der Waals surface area contributed by atoms with E-state index in [4.69, 9.17) is 0 Å². The molecule has 3 aromatic rings. The Morgan fingerprint density at radius 1 is 1.35 bits per heavy atom. The van der Waals surface area contributed by atoms with Crippen molar-refractivity contribution in [1.29, 1.82) is 0 Å². The predicted molar refractivity (Wildman–Crippen MR) is 96.3 cm³/mol. The summed E-state index contributed by atoms with van der Waals surface area (Å²) in [6.45, 7) is 6.22. The van der Waals surface area contributed by atoms with Gasteiger partial charge >= 0.3 is 0 Å². The molecule has 2 heterocycles. The maximum absolute atomic E-state index is 12.6. The SMILES string of the molecule is Cc1nc(CC(C)C)sc1C(=O)Nc1cccc2c1ccn2C. The largest absolute Gasteiger partial charge is 0.350 e. The van der Waals surface area contributed by atoms with E-state index in [2.05, 4.69) is 24.1 Å². The van der Waals surface area contributed by atoms with Crippen molar-refractivity contribution in [3.05, 3.63) is 46.0 Å². The first-order valence-electron chi connectivity index (χ1n) is 7.77. The van der Waals surface area contributed by atoms with Crippen LogP contribution < -0.4 is 5.32 Å². The van der Waals surface area contributed by atoms with Gasteiger partial charge in [0, 0.05) is 30.6 Å². The second kappa shape index (κ2) is 6.16. The predicted octanol–water partition coefficient (Wildman–Crippen LogP) is 4.39. The number of aromatic nitrogens is 2. The molecule has 0 bridgehead atoms. The summed E-state index contributed by atoms with van der Waals surface area (Å²) in [5, 5.41) is 5.12. The fourth-order valence-corrected chi connectivity index (χ4v) is 3.86. The molecule has 0 unspecified atom stereocenters. The average Bonchev–Trinajstić information content (AvgIpc) is 3.03. The van der Waals surface area contributed by atoms with Crippen molar-refractivity contribution in [2.75, 3.05) is 5.32 Å². The Hall–Kier alpha value is -2.14. The summed E-state index contributed by atoms with van der Waals surface area (Å²) in [6.07, 6.45) is 2.91. The molecule has 5 heteroatoms. The first-order chi connectivity index (χ1) is 11.0. The standard InChI is InChI=1S/C18H21N3OS/c1-11(2)10-16-19-12(3)17(23-16)18(22)20-14-6-5-7-15-13(14)8-9-21(15)4/h5-9,11H,10H2,1-4H3,(H,20,22). The summed E-state index contributed by atoms with van der Waals surface area (Å²) in [4.78, 5) is 17.9. The van der Waals surface area contributed by atoms with Gasteiger partial charge in [0.25, 0.3) is 5.91 Å². The highest BCUT2D eigenvalue weighted by atomic mass is 32.1. The van der Waals surface area contributed by atoms with Crippen molar-refractivity contribution in [1.82, 2.24) is 9.55 Å². The van der Waals surface area contributed by atoms with Crippen LogP contribution in [0.3, 0.4) is 0 Å². The lowest BCUT2D eigenvalue weighted by atomic mass is 10.1. The first-order valence-corrected chi connectivity index (χ1v) is 8.59. The molecule has 4 nitrogen and oxygen atoms in total. The van der Waals surface area contributed by atoms with E-state index in [1.165, 1.54) is 11.3 Å². The van der Waals surface area contributed by atoms with E-state index in [1.54, 1.807) is 0 Å². The Bertz CT molecular complexity index is 860. The number of rotatable bonds is 4. The zero-order chi connectivity index (χ0) is 16.6. The number of nitrogens with one attached hydrogen (secondary N) is 1. The third-order valence-corrected chi connectivity index (χ3v) is 4.98. The van der Waals surface area contributed by atoms with E-state index in [-0.39, 0.29) is 5.91 Å². The molecule has 0 aliphatic rings. The summed E-state index contributed by atoms with van der Waals surface area (Å²) in [6, 6.07) is 7.96. The maximum atomic E-state index is 12.6. The number of hydrogen-bond donors (Lipinski definition) is 1. The molecule has 0 atom stereocenters. The molecule has 0 saturated carbocycles. The molecular weight excluding hydrogens is 306 g/mol. The molecule has 3 rings (SSSR count). The Kier molecular flexibility index (Phi) is 4.22. The highest BCUT2D eigenvalue weighted by molar-refractivity contribution is 7.13. The molecule has 0 aliphatic carbocycles. The van der Waals surface area contributed by atoms with Gasteiger partial charge in [-0.2, -0.15) is 0 Å². The highest BCUT2D eigenvalue weighted by Gasteiger charge is 2.17. The number of nitrogens with zero attached hydrogens (tertiary/aromatic N) is 2. The zero-order valence-electron chi connectivity index (χ0n) is 13.9. The second-order valence-corrected chi connectivity index (χ2v) is 7.32. The van der Waals surface area contributed by atoms with Gasteiger partial charge in [0.05, 0.1) is 16.4 Å². The number of benzene rings is 1. The quantitative estimate of drug-likeness (QED) is 0.772. The number of hydrogen-bond acceptors (Lipinski definition) is 3. The fourth-order valence-electron chi connectivity index (χ4n) is 2.69. The smallest absolute Gasteiger partial charge is 0.267 e. The Balaban J connectivity index is 1.88. The zero-order valence-corrected chi connectivity index (χ0v) is 14.7. The molecule has 1 N–H and O–H groups in total. The van der Waals surface area contributed by atoms with Crippen molar-refractivity contribution in [3.63, 3.8) is 0 Å². The van der Waals surface area contributed by atoms with Gasteiger partial charge in [0.2, 0.25) is 0 Å². The van der Waals surface area contributed by atoms with Crippen LogP contribution in [-0.4, -0.2) is 15.5 Å². The van der Waals surface area contributed by atoms with Crippen molar-refractivity contribution >= 4 is 33.8 Å². The monoisotopic (exact) mass is 327 g/mol. The van der Waals surface area contributed by atoms with Crippen molar-refractivity contribution in [3.8, 4) is 0 Å². The van der Waals surface area contributed by atoms with Crippen molar-refractivity contribution < 1.29 is 4.79 Å².